The molecule has 5 rings (SSSR count). The fourth-order valence-electron chi connectivity index (χ4n) is 6.72. The standard InChI is InChI=1S/C31H35NO4/c1-30-18-23-11-6-7-12-24(23)19-31(30,25-13-8-14-26(33)17-25)15-16-32(21-30)20-27(29(35)36-2)28(34)22-9-4-3-5-10-22/h3-14,17,27-28,33-34H,15-16,18-21H2,1-2H3/t27-,28+,30+,31+/m1/s1. The van der Waals surface area contributed by atoms with Crippen LogP contribution in [0.2, 0.25) is 0 Å². The fourth-order valence-corrected chi connectivity index (χ4v) is 6.72. The zero-order valence-corrected chi connectivity index (χ0v) is 21.1. The molecule has 4 atom stereocenters. The number of carbonyl (C=O) groups is 1. The summed E-state index contributed by atoms with van der Waals surface area (Å²) in [5.74, 6) is -0.775. The highest BCUT2D eigenvalue weighted by molar-refractivity contribution is 5.73. The number of likely N-dealkylation sites (tertiary alicyclic amines) is 1. The van der Waals surface area contributed by atoms with Crippen molar-refractivity contribution in [1.29, 1.82) is 0 Å². The first-order valence-corrected chi connectivity index (χ1v) is 12.7. The van der Waals surface area contributed by atoms with Crippen molar-refractivity contribution in [2.75, 3.05) is 26.7 Å². The summed E-state index contributed by atoms with van der Waals surface area (Å²) >= 11 is 0. The Labute approximate surface area is 213 Å². The molecule has 3 aromatic carbocycles. The number of methoxy groups -OCH3 is 1. The van der Waals surface area contributed by atoms with Gasteiger partial charge in [-0.25, -0.2) is 0 Å². The number of phenolic OH excluding ortho intramolecular Hbond substituents is 1. The van der Waals surface area contributed by atoms with Crippen molar-refractivity contribution >= 4 is 5.97 Å². The van der Waals surface area contributed by atoms with Gasteiger partial charge in [-0.15, -0.1) is 0 Å². The summed E-state index contributed by atoms with van der Waals surface area (Å²) in [6.45, 7) is 4.35. The van der Waals surface area contributed by atoms with E-state index in [9.17, 15) is 15.0 Å². The quantitative estimate of drug-likeness (QED) is 0.497. The number of aromatic hydroxyl groups is 1. The molecule has 1 fully saturated rings. The number of nitrogens with zero attached hydrogens (tertiary/aromatic N) is 1. The number of fused-ring (bicyclic) bond motifs is 2. The van der Waals surface area contributed by atoms with Crippen molar-refractivity contribution in [3.8, 4) is 5.75 Å². The van der Waals surface area contributed by atoms with Crippen LogP contribution in [-0.2, 0) is 27.8 Å². The van der Waals surface area contributed by atoms with E-state index in [1.807, 2.05) is 42.5 Å². The predicted molar refractivity (Wildman–Crippen MR) is 140 cm³/mol. The van der Waals surface area contributed by atoms with E-state index >= 15 is 0 Å². The largest absolute Gasteiger partial charge is 0.508 e. The van der Waals surface area contributed by atoms with Crippen LogP contribution in [0, 0.1) is 11.3 Å². The first-order valence-electron chi connectivity index (χ1n) is 12.7. The van der Waals surface area contributed by atoms with Gasteiger partial charge in [0.2, 0.25) is 0 Å². The molecule has 5 nitrogen and oxygen atoms in total. The van der Waals surface area contributed by atoms with E-state index in [-0.39, 0.29) is 10.8 Å². The molecule has 2 aliphatic rings. The Morgan fingerprint density at radius 2 is 1.69 bits per heavy atom. The first kappa shape index (κ1) is 24.5. The third-order valence-corrected chi connectivity index (χ3v) is 8.65. The number of phenols is 1. The van der Waals surface area contributed by atoms with E-state index in [0.29, 0.717) is 12.3 Å². The molecule has 1 aliphatic carbocycles. The van der Waals surface area contributed by atoms with Crippen LogP contribution >= 0.6 is 0 Å². The summed E-state index contributed by atoms with van der Waals surface area (Å²) in [6, 6.07) is 25.8. The molecule has 0 spiro atoms. The Morgan fingerprint density at radius 3 is 2.39 bits per heavy atom. The van der Waals surface area contributed by atoms with Crippen LogP contribution in [0.1, 0.15) is 41.7 Å². The molecule has 0 bridgehead atoms. The van der Waals surface area contributed by atoms with Crippen molar-refractivity contribution < 1.29 is 19.7 Å². The molecule has 0 aromatic heterocycles. The van der Waals surface area contributed by atoms with Gasteiger partial charge in [0.15, 0.2) is 0 Å². The Balaban J connectivity index is 1.48. The number of benzene rings is 3. The maximum Gasteiger partial charge on any atom is 0.312 e. The van der Waals surface area contributed by atoms with Crippen molar-refractivity contribution in [3.63, 3.8) is 0 Å². The molecule has 0 saturated carbocycles. The molecule has 1 aliphatic heterocycles. The average Bonchev–Trinajstić information content (AvgIpc) is 2.89. The number of ether oxygens (including phenoxy) is 1. The second kappa shape index (κ2) is 9.72. The van der Waals surface area contributed by atoms with E-state index in [4.69, 9.17) is 4.74 Å². The van der Waals surface area contributed by atoms with Gasteiger partial charge in [-0.05, 0) is 65.6 Å². The summed E-state index contributed by atoms with van der Waals surface area (Å²) in [5, 5.41) is 21.5. The first-order chi connectivity index (χ1) is 17.3. The van der Waals surface area contributed by atoms with Gasteiger partial charge in [-0.2, -0.15) is 0 Å². The van der Waals surface area contributed by atoms with Crippen LogP contribution in [0.25, 0.3) is 0 Å². The fraction of sp³-hybridized carbons (Fsp3) is 0.387. The molecular weight excluding hydrogens is 450 g/mol. The van der Waals surface area contributed by atoms with Crippen molar-refractivity contribution in [3.05, 3.63) is 101 Å². The minimum Gasteiger partial charge on any atom is -0.508 e. The maximum absolute atomic E-state index is 12.8. The Morgan fingerprint density at radius 1 is 1.00 bits per heavy atom. The third kappa shape index (κ3) is 4.31. The van der Waals surface area contributed by atoms with Gasteiger partial charge in [0.25, 0.3) is 0 Å². The number of aliphatic hydroxyl groups is 1. The summed E-state index contributed by atoms with van der Waals surface area (Å²) in [7, 11) is 1.38. The van der Waals surface area contributed by atoms with Gasteiger partial charge in [0, 0.05) is 18.5 Å². The van der Waals surface area contributed by atoms with Crippen LogP contribution in [0.15, 0.2) is 78.9 Å². The number of piperidine rings is 1. The van der Waals surface area contributed by atoms with Gasteiger partial charge in [-0.1, -0.05) is 73.7 Å². The SMILES string of the molecule is COC(=O)[C@H](CN1CC[C@@]2(c3cccc(O)c3)Cc3ccccc3C[C@@]2(C)C1)[C@@H](O)c1ccccc1. The third-order valence-electron chi connectivity index (χ3n) is 8.65. The highest BCUT2D eigenvalue weighted by Crippen LogP contribution is 2.55. The van der Waals surface area contributed by atoms with Crippen LogP contribution < -0.4 is 0 Å². The average molecular weight is 486 g/mol. The zero-order chi connectivity index (χ0) is 25.3. The van der Waals surface area contributed by atoms with Gasteiger partial charge in [-0.3, -0.25) is 4.79 Å². The number of carbonyl (C=O) groups excluding carboxylic acids is 1. The molecule has 3 aromatic rings. The van der Waals surface area contributed by atoms with E-state index in [2.05, 4.69) is 42.2 Å². The van der Waals surface area contributed by atoms with Crippen molar-refractivity contribution in [2.24, 2.45) is 11.3 Å². The monoisotopic (exact) mass is 485 g/mol. The lowest BCUT2D eigenvalue weighted by atomic mass is 9.50. The molecule has 188 valence electrons. The minimum atomic E-state index is -0.934. The molecule has 0 amide bonds. The van der Waals surface area contributed by atoms with Gasteiger partial charge >= 0.3 is 5.97 Å². The van der Waals surface area contributed by atoms with Crippen molar-refractivity contribution in [1.82, 2.24) is 4.90 Å². The zero-order valence-electron chi connectivity index (χ0n) is 21.1. The highest BCUT2D eigenvalue weighted by atomic mass is 16.5. The normalized spacial score (nSPS) is 25.3. The Kier molecular flexibility index (Phi) is 6.62. The minimum absolute atomic E-state index is 0.119. The van der Waals surface area contributed by atoms with E-state index < -0.39 is 18.0 Å². The van der Waals surface area contributed by atoms with Crippen LogP contribution in [0.3, 0.4) is 0 Å². The molecule has 0 radical (unpaired) electrons. The number of aliphatic hydroxyl groups excluding tert-OH is 1. The molecule has 0 unspecified atom stereocenters. The van der Waals surface area contributed by atoms with Gasteiger partial charge < -0.3 is 19.8 Å². The number of hydrogen-bond acceptors (Lipinski definition) is 5. The molecule has 1 saturated heterocycles. The topological polar surface area (TPSA) is 70.0 Å². The van der Waals surface area contributed by atoms with Crippen LogP contribution in [0.4, 0.5) is 0 Å². The lowest BCUT2D eigenvalue weighted by Crippen LogP contribution is -2.61. The van der Waals surface area contributed by atoms with E-state index in [1.165, 1.54) is 23.8 Å². The lowest BCUT2D eigenvalue weighted by molar-refractivity contribution is -0.151. The maximum atomic E-state index is 12.8. The summed E-state index contributed by atoms with van der Waals surface area (Å²) in [5.41, 5.74) is 4.39. The summed E-state index contributed by atoms with van der Waals surface area (Å²) in [4.78, 5) is 15.1. The molecule has 5 heteroatoms. The van der Waals surface area contributed by atoms with Crippen LogP contribution in [0.5, 0.6) is 5.75 Å². The summed E-state index contributed by atoms with van der Waals surface area (Å²) < 4.78 is 5.12. The summed E-state index contributed by atoms with van der Waals surface area (Å²) in [6.07, 6.45) is 1.80. The lowest BCUT2D eigenvalue weighted by Gasteiger charge is -2.58. The number of hydrogen-bond donors (Lipinski definition) is 2. The second-order valence-electron chi connectivity index (χ2n) is 10.8. The molecule has 2 N–H and O–H groups in total. The second-order valence-corrected chi connectivity index (χ2v) is 10.8. The molecular formula is C31H35NO4. The van der Waals surface area contributed by atoms with Gasteiger partial charge in [0.1, 0.15) is 5.75 Å². The van der Waals surface area contributed by atoms with Crippen molar-refractivity contribution in [2.45, 2.75) is 37.7 Å². The molecule has 1 heterocycles. The van der Waals surface area contributed by atoms with E-state index in [0.717, 1.165) is 37.9 Å². The highest BCUT2D eigenvalue weighted by Gasteiger charge is 2.55. The van der Waals surface area contributed by atoms with E-state index in [1.54, 1.807) is 6.07 Å². The van der Waals surface area contributed by atoms with Gasteiger partial charge in [0.05, 0.1) is 19.1 Å². The predicted octanol–water partition coefficient (Wildman–Crippen LogP) is 4.66. The number of rotatable bonds is 6. The molecule has 36 heavy (non-hydrogen) atoms. The van der Waals surface area contributed by atoms with Crippen LogP contribution in [-0.4, -0.2) is 47.8 Å². The Bertz CT molecular complexity index is 1230. The smallest absolute Gasteiger partial charge is 0.312 e. The Hall–Kier alpha value is -3.15. The number of esters is 1.